The van der Waals surface area contributed by atoms with E-state index in [1.807, 2.05) is 19.9 Å². The summed E-state index contributed by atoms with van der Waals surface area (Å²) in [7, 11) is 0. The van der Waals surface area contributed by atoms with E-state index in [1.54, 1.807) is 0 Å². The first kappa shape index (κ1) is 10.7. The van der Waals surface area contributed by atoms with Gasteiger partial charge in [0.2, 0.25) is 0 Å². The minimum Gasteiger partial charge on any atom is -0.389 e. The predicted molar refractivity (Wildman–Crippen MR) is 49.5 cm³/mol. The maximum atomic E-state index is 9.60. The second-order valence-corrected chi connectivity index (χ2v) is 3.31. The van der Waals surface area contributed by atoms with E-state index >= 15 is 0 Å². The smallest absolute Gasteiger partial charge is 0.0751 e. The fourth-order valence-electron chi connectivity index (χ4n) is 1.25. The highest BCUT2D eigenvalue weighted by atomic mass is 16.3. The average molecular weight is 156 g/mol. The Morgan fingerprint density at radius 1 is 1.27 bits per heavy atom. The van der Waals surface area contributed by atoms with Gasteiger partial charge in [0, 0.05) is 0 Å². The molecule has 0 bridgehead atoms. The molecule has 0 aromatic heterocycles. The van der Waals surface area contributed by atoms with Gasteiger partial charge in [0.25, 0.3) is 0 Å². The zero-order chi connectivity index (χ0) is 8.85. The number of hydrogen-bond donors (Lipinski definition) is 1. The number of hydrogen-bond acceptors (Lipinski definition) is 1. The first-order chi connectivity index (χ1) is 5.11. The minimum absolute atomic E-state index is 0.241. The Labute approximate surface area is 70.1 Å². The second-order valence-electron chi connectivity index (χ2n) is 3.31. The van der Waals surface area contributed by atoms with Crippen molar-refractivity contribution in [2.45, 2.75) is 46.6 Å². The van der Waals surface area contributed by atoms with Crippen molar-refractivity contribution in [2.24, 2.45) is 5.92 Å². The van der Waals surface area contributed by atoms with E-state index in [2.05, 4.69) is 13.8 Å². The summed E-state index contributed by atoms with van der Waals surface area (Å²) in [5.74, 6) is 0.435. The van der Waals surface area contributed by atoms with Crippen molar-refractivity contribution in [1.29, 1.82) is 0 Å². The molecule has 11 heavy (non-hydrogen) atoms. The number of rotatable bonds is 4. The number of allylic oxidation sites excluding steroid dienone is 1. The Morgan fingerprint density at radius 3 is 2.00 bits per heavy atom. The topological polar surface area (TPSA) is 20.2 Å². The van der Waals surface area contributed by atoms with E-state index in [-0.39, 0.29) is 6.10 Å². The molecule has 0 spiro atoms. The molecule has 0 amide bonds. The van der Waals surface area contributed by atoms with Crippen molar-refractivity contribution in [1.82, 2.24) is 0 Å². The molecule has 1 atom stereocenters. The first-order valence-corrected chi connectivity index (χ1v) is 4.44. The number of aliphatic hydroxyl groups excluding tert-OH is 1. The monoisotopic (exact) mass is 156 g/mol. The Bertz CT molecular complexity index is 119. The number of aliphatic hydroxyl groups is 1. The quantitative estimate of drug-likeness (QED) is 0.620. The molecule has 0 aromatic carbocycles. The Morgan fingerprint density at radius 2 is 1.73 bits per heavy atom. The van der Waals surface area contributed by atoms with Crippen LogP contribution in [0.3, 0.4) is 0 Å². The molecule has 0 aromatic rings. The molecule has 1 unspecified atom stereocenters. The van der Waals surface area contributed by atoms with Crippen molar-refractivity contribution in [2.75, 3.05) is 0 Å². The fourth-order valence-corrected chi connectivity index (χ4v) is 1.25. The summed E-state index contributed by atoms with van der Waals surface area (Å²) in [6.45, 7) is 8.28. The normalized spacial score (nSPS) is 13.3. The van der Waals surface area contributed by atoms with Gasteiger partial charge in [-0.25, -0.2) is 0 Å². The third kappa shape index (κ3) is 4.20. The van der Waals surface area contributed by atoms with Gasteiger partial charge in [-0.15, -0.1) is 0 Å². The van der Waals surface area contributed by atoms with Crippen LogP contribution in [0.25, 0.3) is 0 Å². The summed E-state index contributed by atoms with van der Waals surface area (Å²) in [6, 6.07) is 0. The minimum atomic E-state index is -0.241. The van der Waals surface area contributed by atoms with Gasteiger partial charge in [0.1, 0.15) is 0 Å². The molecular weight excluding hydrogens is 136 g/mol. The third-order valence-electron chi connectivity index (χ3n) is 2.04. The van der Waals surface area contributed by atoms with Crippen LogP contribution in [0.1, 0.15) is 40.5 Å². The largest absolute Gasteiger partial charge is 0.389 e. The van der Waals surface area contributed by atoms with Crippen LogP contribution in [0.15, 0.2) is 11.6 Å². The molecule has 0 saturated heterocycles. The average Bonchev–Trinajstić information content (AvgIpc) is 1.88. The predicted octanol–water partition coefficient (Wildman–Crippen LogP) is 2.75. The lowest BCUT2D eigenvalue weighted by Gasteiger charge is -2.16. The van der Waals surface area contributed by atoms with E-state index in [1.165, 1.54) is 5.57 Å². The molecule has 0 aliphatic heterocycles. The van der Waals surface area contributed by atoms with E-state index in [9.17, 15) is 5.11 Å². The molecule has 0 rings (SSSR count). The third-order valence-corrected chi connectivity index (χ3v) is 2.04. The molecule has 0 radical (unpaired) electrons. The lowest BCUT2D eigenvalue weighted by atomic mass is 9.95. The standard InChI is InChI=1S/C10H20O/c1-5-9(6-2)10(11)7-8(3)4/h7,9-11H,5-6H2,1-4H3. The highest BCUT2D eigenvalue weighted by molar-refractivity contribution is 4.99. The maximum absolute atomic E-state index is 9.60. The molecule has 0 saturated carbocycles. The second kappa shape index (κ2) is 5.36. The lowest BCUT2D eigenvalue weighted by Crippen LogP contribution is -2.16. The molecule has 0 fully saturated rings. The summed E-state index contributed by atoms with van der Waals surface area (Å²) >= 11 is 0. The molecule has 1 heteroatoms. The van der Waals surface area contributed by atoms with Crippen molar-refractivity contribution >= 4 is 0 Å². The van der Waals surface area contributed by atoms with Crippen LogP contribution >= 0.6 is 0 Å². The molecule has 66 valence electrons. The van der Waals surface area contributed by atoms with Gasteiger partial charge in [-0.05, 0) is 19.8 Å². The van der Waals surface area contributed by atoms with Gasteiger partial charge in [0.15, 0.2) is 0 Å². The highest BCUT2D eigenvalue weighted by Crippen LogP contribution is 2.14. The Balaban J connectivity index is 3.98. The summed E-state index contributed by atoms with van der Waals surface area (Å²) in [5.41, 5.74) is 1.20. The summed E-state index contributed by atoms with van der Waals surface area (Å²) in [4.78, 5) is 0. The van der Waals surface area contributed by atoms with Gasteiger partial charge >= 0.3 is 0 Å². The van der Waals surface area contributed by atoms with Crippen molar-refractivity contribution in [3.05, 3.63) is 11.6 Å². The van der Waals surface area contributed by atoms with Crippen LogP contribution in [0.2, 0.25) is 0 Å². The maximum Gasteiger partial charge on any atom is 0.0751 e. The van der Waals surface area contributed by atoms with Gasteiger partial charge in [-0.1, -0.05) is 38.3 Å². The molecule has 0 aliphatic carbocycles. The van der Waals surface area contributed by atoms with Gasteiger partial charge in [-0.3, -0.25) is 0 Å². The SMILES string of the molecule is CCC(CC)C(O)C=C(C)C. The van der Waals surface area contributed by atoms with E-state index < -0.39 is 0 Å². The van der Waals surface area contributed by atoms with Crippen molar-refractivity contribution < 1.29 is 5.11 Å². The van der Waals surface area contributed by atoms with Crippen LogP contribution in [0.5, 0.6) is 0 Å². The van der Waals surface area contributed by atoms with Crippen LogP contribution in [0, 0.1) is 5.92 Å². The molecular formula is C10H20O. The van der Waals surface area contributed by atoms with Crippen molar-refractivity contribution in [3.8, 4) is 0 Å². The van der Waals surface area contributed by atoms with E-state index in [0.29, 0.717) is 5.92 Å². The van der Waals surface area contributed by atoms with Crippen LogP contribution < -0.4 is 0 Å². The molecule has 1 nitrogen and oxygen atoms in total. The fraction of sp³-hybridized carbons (Fsp3) is 0.800. The molecule has 0 aliphatic rings. The van der Waals surface area contributed by atoms with Crippen LogP contribution in [-0.2, 0) is 0 Å². The molecule has 0 heterocycles. The van der Waals surface area contributed by atoms with Gasteiger partial charge < -0.3 is 5.11 Å². The van der Waals surface area contributed by atoms with Crippen LogP contribution in [0.4, 0.5) is 0 Å². The van der Waals surface area contributed by atoms with Gasteiger partial charge in [0.05, 0.1) is 6.10 Å². The zero-order valence-corrected chi connectivity index (χ0v) is 8.09. The van der Waals surface area contributed by atoms with Crippen molar-refractivity contribution in [3.63, 3.8) is 0 Å². The highest BCUT2D eigenvalue weighted by Gasteiger charge is 2.11. The summed E-state index contributed by atoms with van der Waals surface area (Å²) in [6.07, 6.45) is 3.82. The van der Waals surface area contributed by atoms with E-state index in [0.717, 1.165) is 12.8 Å². The Kier molecular flexibility index (Phi) is 5.22. The summed E-state index contributed by atoms with van der Waals surface area (Å²) in [5, 5.41) is 9.60. The Hall–Kier alpha value is -0.300. The molecule has 1 N–H and O–H groups in total. The van der Waals surface area contributed by atoms with Gasteiger partial charge in [-0.2, -0.15) is 0 Å². The lowest BCUT2D eigenvalue weighted by molar-refractivity contribution is 0.146. The zero-order valence-electron chi connectivity index (χ0n) is 8.09. The van der Waals surface area contributed by atoms with Crippen LogP contribution in [-0.4, -0.2) is 11.2 Å². The summed E-state index contributed by atoms with van der Waals surface area (Å²) < 4.78 is 0. The van der Waals surface area contributed by atoms with E-state index in [4.69, 9.17) is 0 Å². The first-order valence-electron chi connectivity index (χ1n) is 4.44.